The van der Waals surface area contributed by atoms with Gasteiger partial charge in [-0.2, -0.15) is 0 Å². The Hall–Kier alpha value is -0.830. The van der Waals surface area contributed by atoms with E-state index in [9.17, 15) is 4.79 Å². The summed E-state index contributed by atoms with van der Waals surface area (Å²) in [6, 6.07) is 0. The third kappa shape index (κ3) is 1.77. The van der Waals surface area contributed by atoms with Crippen LogP contribution < -0.4 is 5.56 Å². The maximum absolute atomic E-state index is 12.2. The van der Waals surface area contributed by atoms with Gasteiger partial charge in [-0.1, -0.05) is 6.42 Å². The molecule has 88 valence electrons. The first kappa shape index (κ1) is 11.6. The quantitative estimate of drug-likeness (QED) is 0.694. The fraction of sp³-hybridized carbons (Fsp3) is 0.667. The summed E-state index contributed by atoms with van der Waals surface area (Å²) < 4.78 is 1.93. The molecule has 4 heteroatoms. The van der Waals surface area contributed by atoms with Crippen molar-refractivity contribution in [3.8, 4) is 0 Å². The molecule has 1 aromatic heterocycles. The summed E-state index contributed by atoms with van der Waals surface area (Å²) in [5.74, 6) is 1.04. The van der Waals surface area contributed by atoms with Gasteiger partial charge in [-0.05, 0) is 32.1 Å². The number of aromatic nitrogens is 2. The minimum Gasteiger partial charge on any atom is -0.296 e. The Balaban J connectivity index is 0.000000963. The molecule has 16 heavy (non-hydrogen) atoms. The van der Waals surface area contributed by atoms with Crippen molar-refractivity contribution in [1.82, 2.24) is 9.55 Å². The molecule has 0 bridgehead atoms. The summed E-state index contributed by atoms with van der Waals surface area (Å²) in [4.78, 5) is 16.9. The predicted molar refractivity (Wildman–Crippen MR) is 65.3 cm³/mol. The van der Waals surface area contributed by atoms with Crippen LogP contribution in [-0.2, 0) is 25.8 Å². The van der Waals surface area contributed by atoms with Gasteiger partial charge in [0, 0.05) is 18.5 Å². The molecule has 2 heterocycles. The van der Waals surface area contributed by atoms with Crippen molar-refractivity contribution in [2.24, 2.45) is 0 Å². The van der Waals surface area contributed by atoms with Crippen LogP contribution in [0.15, 0.2) is 4.79 Å². The number of fused-ring (bicyclic) bond motifs is 2. The summed E-state index contributed by atoms with van der Waals surface area (Å²) in [6.07, 6.45) is 7.61. The minimum absolute atomic E-state index is 0. The third-order valence-corrected chi connectivity index (χ3v) is 3.55. The van der Waals surface area contributed by atoms with Crippen molar-refractivity contribution in [3.05, 3.63) is 27.4 Å². The van der Waals surface area contributed by atoms with Crippen LogP contribution in [0.4, 0.5) is 0 Å². The molecule has 0 radical (unpaired) electrons. The zero-order chi connectivity index (χ0) is 10.3. The first-order valence-electron chi connectivity index (χ1n) is 5.98. The standard InChI is InChI=1S/C12H16N2O.ClH/c15-12-9-5-4-6-10(9)13-11-7-2-1-3-8-14(11)12;/h1-8H2;1H. The molecule has 0 saturated carbocycles. The highest BCUT2D eigenvalue weighted by atomic mass is 35.5. The van der Waals surface area contributed by atoms with Crippen molar-refractivity contribution >= 4 is 12.4 Å². The average molecular weight is 241 g/mol. The third-order valence-electron chi connectivity index (χ3n) is 3.55. The summed E-state index contributed by atoms with van der Waals surface area (Å²) in [7, 11) is 0. The second-order valence-electron chi connectivity index (χ2n) is 4.57. The fourth-order valence-corrected chi connectivity index (χ4v) is 2.73. The van der Waals surface area contributed by atoms with E-state index in [1.165, 1.54) is 12.8 Å². The van der Waals surface area contributed by atoms with Crippen LogP contribution in [-0.4, -0.2) is 9.55 Å². The molecule has 0 amide bonds. The summed E-state index contributed by atoms with van der Waals surface area (Å²) in [6.45, 7) is 0.883. The van der Waals surface area contributed by atoms with Crippen LogP contribution >= 0.6 is 12.4 Å². The molecule has 1 aliphatic heterocycles. The zero-order valence-electron chi connectivity index (χ0n) is 9.37. The molecule has 0 unspecified atom stereocenters. The lowest BCUT2D eigenvalue weighted by atomic mass is 10.2. The average Bonchev–Trinajstić information content (AvgIpc) is 2.56. The summed E-state index contributed by atoms with van der Waals surface area (Å²) >= 11 is 0. The number of nitrogens with zero attached hydrogens (tertiary/aromatic N) is 2. The van der Waals surface area contributed by atoms with Gasteiger partial charge in [-0.25, -0.2) is 4.98 Å². The highest BCUT2D eigenvalue weighted by molar-refractivity contribution is 5.85. The van der Waals surface area contributed by atoms with E-state index in [1.807, 2.05) is 4.57 Å². The smallest absolute Gasteiger partial charge is 0.256 e. The van der Waals surface area contributed by atoms with Crippen molar-refractivity contribution in [1.29, 1.82) is 0 Å². The Morgan fingerprint density at radius 3 is 2.75 bits per heavy atom. The van der Waals surface area contributed by atoms with E-state index in [0.717, 1.165) is 55.7 Å². The molecular formula is C12H17ClN2O. The van der Waals surface area contributed by atoms with Crippen molar-refractivity contribution < 1.29 is 0 Å². The second kappa shape index (κ2) is 4.58. The summed E-state index contributed by atoms with van der Waals surface area (Å²) in [5, 5.41) is 0. The molecule has 0 spiro atoms. The topological polar surface area (TPSA) is 34.9 Å². The molecule has 0 N–H and O–H groups in total. The van der Waals surface area contributed by atoms with Crippen LogP contribution in [0.3, 0.4) is 0 Å². The molecule has 2 aliphatic rings. The van der Waals surface area contributed by atoms with E-state index >= 15 is 0 Å². The molecule has 3 nitrogen and oxygen atoms in total. The van der Waals surface area contributed by atoms with Crippen molar-refractivity contribution in [2.45, 2.75) is 51.5 Å². The van der Waals surface area contributed by atoms with Gasteiger partial charge in [-0.3, -0.25) is 9.36 Å². The maximum atomic E-state index is 12.2. The van der Waals surface area contributed by atoms with Crippen LogP contribution in [0.25, 0.3) is 0 Å². The van der Waals surface area contributed by atoms with Crippen LogP contribution in [0.2, 0.25) is 0 Å². The van der Waals surface area contributed by atoms with Gasteiger partial charge in [0.15, 0.2) is 0 Å². The highest BCUT2D eigenvalue weighted by Gasteiger charge is 2.21. The number of hydrogen-bond donors (Lipinski definition) is 0. The first-order valence-corrected chi connectivity index (χ1v) is 5.98. The maximum Gasteiger partial charge on any atom is 0.256 e. The SMILES string of the molecule is Cl.O=c1c2c(nc3n1CCCCC3)CCC2. The zero-order valence-corrected chi connectivity index (χ0v) is 10.2. The Labute approximate surface area is 101 Å². The fourth-order valence-electron chi connectivity index (χ4n) is 2.73. The number of hydrogen-bond acceptors (Lipinski definition) is 2. The van der Waals surface area contributed by atoms with E-state index in [4.69, 9.17) is 0 Å². The lowest BCUT2D eigenvalue weighted by molar-refractivity contribution is 0.602. The van der Waals surface area contributed by atoms with Gasteiger partial charge in [0.05, 0.1) is 5.69 Å². The van der Waals surface area contributed by atoms with E-state index in [2.05, 4.69) is 4.98 Å². The van der Waals surface area contributed by atoms with Gasteiger partial charge < -0.3 is 0 Å². The van der Waals surface area contributed by atoms with E-state index in [1.54, 1.807) is 0 Å². The Morgan fingerprint density at radius 1 is 1.00 bits per heavy atom. The largest absolute Gasteiger partial charge is 0.296 e. The van der Waals surface area contributed by atoms with E-state index in [0.29, 0.717) is 0 Å². The monoisotopic (exact) mass is 240 g/mol. The molecule has 0 saturated heterocycles. The van der Waals surface area contributed by atoms with E-state index in [-0.39, 0.29) is 18.0 Å². The van der Waals surface area contributed by atoms with Crippen LogP contribution in [0.5, 0.6) is 0 Å². The second-order valence-corrected chi connectivity index (χ2v) is 4.57. The number of rotatable bonds is 0. The Kier molecular flexibility index (Phi) is 3.33. The molecule has 3 rings (SSSR count). The Morgan fingerprint density at radius 2 is 1.88 bits per heavy atom. The van der Waals surface area contributed by atoms with Crippen molar-refractivity contribution in [2.75, 3.05) is 0 Å². The molecule has 0 aromatic carbocycles. The van der Waals surface area contributed by atoms with Gasteiger partial charge in [0.25, 0.3) is 5.56 Å². The first-order chi connectivity index (χ1) is 7.36. The van der Waals surface area contributed by atoms with Crippen molar-refractivity contribution in [3.63, 3.8) is 0 Å². The Bertz CT molecular complexity index is 453. The molecule has 0 fully saturated rings. The molecular weight excluding hydrogens is 224 g/mol. The predicted octanol–water partition coefficient (Wildman–Crippen LogP) is 1.88. The van der Waals surface area contributed by atoms with Gasteiger partial charge in [0.2, 0.25) is 0 Å². The number of aryl methyl sites for hydroxylation is 2. The minimum atomic E-state index is 0. The normalized spacial score (nSPS) is 18.2. The van der Waals surface area contributed by atoms with Gasteiger partial charge >= 0.3 is 0 Å². The van der Waals surface area contributed by atoms with Crippen LogP contribution in [0.1, 0.15) is 42.8 Å². The lowest BCUT2D eigenvalue weighted by Gasteiger charge is -2.10. The molecule has 1 aliphatic carbocycles. The van der Waals surface area contributed by atoms with Gasteiger partial charge in [0.1, 0.15) is 5.82 Å². The highest BCUT2D eigenvalue weighted by Crippen LogP contribution is 2.19. The molecule has 1 aromatic rings. The molecule has 0 atom stereocenters. The van der Waals surface area contributed by atoms with Crippen LogP contribution in [0, 0.1) is 0 Å². The summed E-state index contributed by atoms with van der Waals surface area (Å²) in [5.41, 5.74) is 2.35. The van der Waals surface area contributed by atoms with E-state index < -0.39 is 0 Å². The van der Waals surface area contributed by atoms with Gasteiger partial charge in [-0.15, -0.1) is 12.4 Å². The lowest BCUT2D eigenvalue weighted by Crippen LogP contribution is -2.27. The number of halogens is 1.